The number of hydrogen-bond acceptors (Lipinski definition) is 5. The Morgan fingerprint density at radius 2 is 1.88 bits per heavy atom. The van der Waals surface area contributed by atoms with Crippen LogP contribution in [0.25, 0.3) is 0 Å². The summed E-state index contributed by atoms with van der Waals surface area (Å²) in [4.78, 5) is 39.1. The molecule has 5 nitrogen and oxygen atoms in total. The Morgan fingerprint density at radius 3 is 2.46 bits per heavy atom. The van der Waals surface area contributed by atoms with Gasteiger partial charge < -0.3 is 9.64 Å². The van der Waals surface area contributed by atoms with Crippen LogP contribution in [0.2, 0.25) is 0 Å². The number of nitrogens with zero attached hydrogens (tertiary/aromatic N) is 1. The smallest absolute Gasteiger partial charge is 0.307 e. The van der Waals surface area contributed by atoms with Crippen molar-refractivity contribution in [2.45, 2.75) is 51.6 Å². The summed E-state index contributed by atoms with van der Waals surface area (Å²) in [6.45, 7) is 5.46. The molecule has 1 aliphatic heterocycles. The zero-order valence-corrected chi connectivity index (χ0v) is 16.5. The molecule has 1 saturated heterocycles. The lowest BCUT2D eigenvalue weighted by atomic mass is 9.78. The average Bonchev–Trinajstić information content (AvgIpc) is 2.56. The van der Waals surface area contributed by atoms with E-state index in [1.165, 1.54) is 4.90 Å². The maximum Gasteiger partial charge on any atom is 0.307 e. The van der Waals surface area contributed by atoms with E-state index in [-0.39, 0.29) is 36.5 Å². The van der Waals surface area contributed by atoms with Crippen molar-refractivity contribution in [2.24, 2.45) is 5.92 Å². The predicted molar refractivity (Wildman–Crippen MR) is 103 cm³/mol. The van der Waals surface area contributed by atoms with Gasteiger partial charge in [0.25, 0.3) is 0 Å². The van der Waals surface area contributed by atoms with Gasteiger partial charge in [0, 0.05) is 6.42 Å². The Kier molecular flexibility index (Phi) is 6.87. The number of ether oxygens (including phenoxy) is 1. The monoisotopic (exact) mass is 377 g/mol. The lowest BCUT2D eigenvalue weighted by Crippen LogP contribution is -2.44. The van der Waals surface area contributed by atoms with Crippen molar-refractivity contribution in [1.82, 2.24) is 4.90 Å². The van der Waals surface area contributed by atoms with Crippen molar-refractivity contribution in [2.75, 3.05) is 12.4 Å². The second kappa shape index (κ2) is 8.71. The van der Waals surface area contributed by atoms with Crippen LogP contribution in [0.5, 0.6) is 0 Å². The fourth-order valence-electron chi connectivity index (χ4n) is 3.31. The molecular formula is C20H27NO4S. The predicted octanol–water partition coefficient (Wildman–Crippen LogP) is 3.20. The van der Waals surface area contributed by atoms with Crippen molar-refractivity contribution in [3.05, 3.63) is 35.9 Å². The van der Waals surface area contributed by atoms with Gasteiger partial charge in [-0.1, -0.05) is 30.3 Å². The standard InChI is InChI=1S/C20H27NO4S/c1-20(2,3)25-18(23)11-17-16(14-7-5-4-6-8-14)10-9-15(22)12-21(13-26)19(17)24/h4-8,16-17,26H,9-13H2,1-3H3. The maximum absolute atomic E-state index is 13.1. The first kappa shape index (κ1) is 20.5. The topological polar surface area (TPSA) is 63.7 Å². The molecule has 0 saturated carbocycles. The third kappa shape index (κ3) is 5.59. The minimum atomic E-state index is -0.608. The number of amides is 1. The van der Waals surface area contributed by atoms with Crippen molar-refractivity contribution in [1.29, 1.82) is 0 Å². The van der Waals surface area contributed by atoms with Crippen LogP contribution in [0.1, 0.15) is 51.5 Å². The third-order valence-corrected chi connectivity index (χ3v) is 4.76. The highest BCUT2D eigenvalue weighted by Crippen LogP contribution is 2.35. The van der Waals surface area contributed by atoms with Gasteiger partial charge in [-0.05, 0) is 38.7 Å². The summed E-state index contributed by atoms with van der Waals surface area (Å²) in [5.74, 6) is -1.22. The molecule has 1 amide bonds. The minimum absolute atomic E-state index is 0.00582. The van der Waals surface area contributed by atoms with Gasteiger partial charge >= 0.3 is 5.97 Å². The number of carbonyl (C=O) groups excluding carboxylic acids is 3. The van der Waals surface area contributed by atoms with Crippen LogP contribution in [0.3, 0.4) is 0 Å². The molecule has 0 radical (unpaired) electrons. The van der Waals surface area contributed by atoms with Crippen LogP contribution < -0.4 is 0 Å². The van der Waals surface area contributed by atoms with Gasteiger partial charge in [-0.3, -0.25) is 14.4 Å². The molecule has 2 rings (SSSR count). The van der Waals surface area contributed by atoms with Crippen molar-refractivity contribution in [3.63, 3.8) is 0 Å². The Labute approximate surface area is 160 Å². The summed E-state index contributed by atoms with van der Waals surface area (Å²) in [5.41, 5.74) is 0.353. The zero-order chi connectivity index (χ0) is 19.3. The van der Waals surface area contributed by atoms with E-state index >= 15 is 0 Å². The van der Waals surface area contributed by atoms with E-state index in [2.05, 4.69) is 12.6 Å². The number of rotatable bonds is 4. The Hall–Kier alpha value is -1.82. The van der Waals surface area contributed by atoms with E-state index in [0.717, 1.165) is 5.56 Å². The molecule has 0 bridgehead atoms. The zero-order valence-electron chi connectivity index (χ0n) is 15.6. The van der Waals surface area contributed by atoms with Crippen LogP contribution in [0, 0.1) is 5.92 Å². The molecule has 142 valence electrons. The maximum atomic E-state index is 13.1. The molecule has 2 atom stereocenters. The van der Waals surface area contributed by atoms with Crippen LogP contribution in [-0.4, -0.2) is 40.6 Å². The summed E-state index contributed by atoms with van der Waals surface area (Å²) in [5, 5.41) is 0. The van der Waals surface area contributed by atoms with Crippen LogP contribution >= 0.6 is 12.6 Å². The van der Waals surface area contributed by atoms with Crippen molar-refractivity contribution < 1.29 is 19.1 Å². The average molecular weight is 378 g/mol. The number of thiol groups is 1. The minimum Gasteiger partial charge on any atom is -0.460 e. The number of Topliss-reactive ketones (excluding diaryl/α,β-unsaturated/α-hetero) is 1. The summed E-state index contributed by atoms with van der Waals surface area (Å²) in [6, 6.07) is 9.60. The quantitative estimate of drug-likeness (QED) is 0.646. The summed E-state index contributed by atoms with van der Waals surface area (Å²) < 4.78 is 5.44. The number of esters is 1. The van der Waals surface area contributed by atoms with Crippen LogP contribution in [-0.2, 0) is 19.1 Å². The van der Waals surface area contributed by atoms with Crippen molar-refractivity contribution >= 4 is 30.3 Å². The molecule has 6 heteroatoms. The molecule has 1 aromatic rings. The lowest BCUT2D eigenvalue weighted by molar-refractivity contribution is -0.159. The first-order valence-corrected chi connectivity index (χ1v) is 9.52. The van der Waals surface area contributed by atoms with Gasteiger partial charge in [-0.15, -0.1) is 0 Å². The highest BCUT2D eigenvalue weighted by molar-refractivity contribution is 7.80. The SMILES string of the molecule is CC(C)(C)OC(=O)CC1C(=O)N(CS)CC(=O)CCC1c1ccccc1. The molecule has 0 aromatic heterocycles. The molecule has 0 aliphatic carbocycles. The fraction of sp³-hybridized carbons (Fsp3) is 0.550. The number of benzene rings is 1. The largest absolute Gasteiger partial charge is 0.460 e. The first-order chi connectivity index (χ1) is 12.2. The number of ketones is 1. The first-order valence-electron chi connectivity index (χ1n) is 8.89. The van der Waals surface area contributed by atoms with E-state index < -0.39 is 17.5 Å². The molecular weight excluding hydrogens is 350 g/mol. The second-order valence-electron chi connectivity index (χ2n) is 7.67. The van der Waals surface area contributed by atoms with Gasteiger partial charge in [0.1, 0.15) is 5.60 Å². The van der Waals surface area contributed by atoms with Gasteiger partial charge in [0.15, 0.2) is 5.78 Å². The molecule has 0 spiro atoms. The number of carbonyl (C=O) groups is 3. The third-order valence-electron chi connectivity index (χ3n) is 4.42. The molecule has 0 N–H and O–H groups in total. The lowest BCUT2D eigenvalue weighted by Gasteiger charge is -2.33. The normalized spacial score (nSPS) is 21.9. The Morgan fingerprint density at radius 1 is 1.23 bits per heavy atom. The van der Waals surface area contributed by atoms with E-state index in [1.54, 1.807) is 20.8 Å². The van der Waals surface area contributed by atoms with E-state index in [0.29, 0.717) is 12.8 Å². The molecule has 1 heterocycles. The van der Waals surface area contributed by atoms with Gasteiger partial charge in [0.2, 0.25) is 5.91 Å². The Balaban J connectivity index is 2.34. The highest BCUT2D eigenvalue weighted by atomic mass is 32.1. The van der Waals surface area contributed by atoms with E-state index in [4.69, 9.17) is 4.74 Å². The molecule has 26 heavy (non-hydrogen) atoms. The van der Waals surface area contributed by atoms with Crippen LogP contribution in [0.15, 0.2) is 30.3 Å². The number of likely N-dealkylation sites (tertiary alicyclic amines) is 1. The molecule has 1 aromatic carbocycles. The molecule has 2 unspecified atom stereocenters. The highest BCUT2D eigenvalue weighted by Gasteiger charge is 2.37. The van der Waals surface area contributed by atoms with Crippen molar-refractivity contribution in [3.8, 4) is 0 Å². The van der Waals surface area contributed by atoms with Gasteiger partial charge in [0.05, 0.1) is 24.8 Å². The number of hydrogen-bond donors (Lipinski definition) is 1. The Bertz CT molecular complexity index is 654. The van der Waals surface area contributed by atoms with E-state index in [1.807, 2.05) is 30.3 Å². The molecule has 1 fully saturated rings. The van der Waals surface area contributed by atoms with Gasteiger partial charge in [-0.25, -0.2) is 0 Å². The summed E-state index contributed by atoms with van der Waals surface area (Å²) in [6.07, 6.45) is 0.915. The van der Waals surface area contributed by atoms with E-state index in [9.17, 15) is 14.4 Å². The summed E-state index contributed by atoms with van der Waals surface area (Å²) >= 11 is 4.20. The second-order valence-corrected chi connectivity index (χ2v) is 7.95. The van der Waals surface area contributed by atoms with Gasteiger partial charge in [-0.2, -0.15) is 12.6 Å². The van der Waals surface area contributed by atoms with Crippen LogP contribution in [0.4, 0.5) is 0 Å². The summed E-state index contributed by atoms with van der Waals surface area (Å²) in [7, 11) is 0. The molecule has 1 aliphatic rings. The fourth-order valence-corrected chi connectivity index (χ4v) is 3.54.